The maximum absolute atomic E-state index is 10.4. The van der Waals surface area contributed by atoms with Crippen LogP contribution >= 0.6 is 0 Å². The van der Waals surface area contributed by atoms with Crippen LogP contribution in [0.2, 0.25) is 0 Å². The van der Waals surface area contributed by atoms with Gasteiger partial charge in [-0.3, -0.25) is 0 Å². The SMILES string of the molecule is CC(C)=CCC/C(C)=C/CC/C(C)=C/CC[C@](C)(O)CCC(C)C. The average molecular weight is 335 g/mol. The summed E-state index contributed by atoms with van der Waals surface area (Å²) in [6, 6.07) is 0. The molecule has 0 aromatic carbocycles. The Morgan fingerprint density at radius 1 is 0.833 bits per heavy atom. The first-order chi connectivity index (χ1) is 11.1. The van der Waals surface area contributed by atoms with Gasteiger partial charge in [-0.25, -0.2) is 0 Å². The Morgan fingerprint density at radius 2 is 1.33 bits per heavy atom. The highest BCUT2D eigenvalue weighted by Crippen LogP contribution is 2.22. The molecule has 0 rings (SSSR count). The molecule has 0 aliphatic carbocycles. The van der Waals surface area contributed by atoms with Crippen molar-refractivity contribution in [3.05, 3.63) is 34.9 Å². The van der Waals surface area contributed by atoms with Crippen molar-refractivity contribution >= 4 is 0 Å². The van der Waals surface area contributed by atoms with Gasteiger partial charge in [0, 0.05) is 0 Å². The van der Waals surface area contributed by atoms with Gasteiger partial charge in [-0.15, -0.1) is 0 Å². The van der Waals surface area contributed by atoms with Gasteiger partial charge in [0.25, 0.3) is 0 Å². The fraction of sp³-hybridized carbons (Fsp3) is 0.739. The summed E-state index contributed by atoms with van der Waals surface area (Å²) in [6.07, 6.45) is 15.5. The molecule has 0 heterocycles. The molecule has 0 aromatic rings. The van der Waals surface area contributed by atoms with Crippen LogP contribution in [0.4, 0.5) is 0 Å². The van der Waals surface area contributed by atoms with Crippen molar-refractivity contribution in [2.75, 3.05) is 0 Å². The van der Waals surface area contributed by atoms with Crippen LogP contribution in [0.25, 0.3) is 0 Å². The van der Waals surface area contributed by atoms with Crippen molar-refractivity contribution in [1.29, 1.82) is 0 Å². The molecular formula is C23H42O. The molecule has 0 aliphatic heterocycles. The van der Waals surface area contributed by atoms with Crippen LogP contribution < -0.4 is 0 Å². The normalized spacial score (nSPS) is 15.5. The van der Waals surface area contributed by atoms with E-state index in [4.69, 9.17) is 0 Å². The molecule has 24 heavy (non-hydrogen) atoms. The zero-order valence-corrected chi connectivity index (χ0v) is 17.4. The van der Waals surface area contributed by atoms with Gasteiger partial charge < -0.3 is 5.11 Å². The van der Waals surface area contributed by atoms with Gasteiger partial charge in [0.15, 0.2) is 0 Å². The summed E-state index contributed by atoms with van der Waals surface area (Å²) in [6.45, 7) is 15.2. The lowest BCUT2D eigenvalue weighted by molar-refractivity contribution is 0.0376. The number of hydrogen-bond acceptors (Lipinski definition) is 1. The third-order valence-electron chi connectivity index (χ3n) is 4.56. The van der Waals surface area contributed by atoms with E-state index in [0.717, 1.165) is 44.9 Å². The Kier molecular flexibility index (Phi) is 12.1. The molecule has 0 fully saturated rings. The van der Waals surface area contributed by atoms with Crippen molar-refractivity contribution in [1.82, 2.24) is 0 Å². The van der Waals surface area contributed by atoms with Crippen LogP contribution in [0, 0.1) is 5.92 Å². The van der Waals surface area contributed by atoms with Gasteiger partial charge >= 0.3 is 0 Å². The van der Waals surface area contributed by atoms with Gasteiger partial charge in [-0.1, -0.05) is 48.8 Å². The van der Waals surface area contributed by atoms with Crippen molar-refractivity contribution in [3.63, 3.8) is 0 Å². The lowest BCUT2D eigenvalue weighted by atomic mass is 9.91. The molecule has 0 unspecified atom stereocenters. The van der Waals surface area contributed by atoms with Crippen LogP contribution in [-0.2, 0) is 0 Å². The van der Waals surface area contributed by atoms with Gasteiger partial charge in [-0.2, -0.15) is 0 Å². The molecule has 0 aromatic heterocycles. The fourth-order valence-electron chi connectivity index (χ4n) is 2.69. The van der Waals surface area contributed by atoms with Crippen molar-refractivity contribution in [2.24, 2.45) is 5.92 Å². The molecule has 0 bridgehead atoms. The lowest BCUT2D eigenvalue weighted by Crippen LogP contribution is -2.24. The first-order valence-corrected chi connectivity index (χ1v) is 9.79. The minimum Gasteiger partial charge on any atom is -0.390 e. The lowest BCUT2D eigenvalue weighted by Gasteiger charge is -2.23. The number of aliphatic hydroxyl groups is 1. The van der Waals surface area contributed by atoms with Crippen molar-refractivity contribution in [3.8, 4) is 0 Å². The maximum Gasteiger partial charge on any atom is 0.0622 e. The minimum absolute atomic E-state index is 0.511. The molecule has 1 N–H and O–H groups in total. The van der Waals surface area contributed by atoms with Crippen molar-refractivity contribution in [2.45, 2.75) is 105 Å². The van der Waals surface area contributed by atoms with Crippen LogP contribution in [0.15, 0.2) is 34.9 Å². The number of allylic oxidation sites excluding steroid dienone is 6. The van der Waals surface area contributed by atoms with Crippen molar-refractivity contribution < 1.29 is 5.11 Å². The van der Waals surface area contributed by atoms with Crippen LogP contribution in [0.5, 0.6) is 0 Å². The largest absolute Gasteiger partial charge is 0.390 e. The van der Waals surface area contributed by atoms with E-state index in [1.54, 1.807) is 0 Å². The highest BCUT2D eigenvalue weighted by atomic mass is 16.3. The van der Waals surface area contributed by atoms with Gasteiger partial charge in [0.1, 0.15) is 0 Å². The molecule has 0 radical (unpaired) electrons. The summed E-state index contributed by atoms with van der Waals surface area (Å²) in [5.41, 5.74) is 3.84. The smallest absolute Gasteiger partial charge is 0.0622 e. The van der Waals surface area contributed by atoms with E-state index in [2.05, 4.69) is 59.8 Å². The standard InChI is InChI=1S/C23H42O/c1-19(2)11-8-12-21(5)13-9-14-22(6)15-10-17-23(7,24)18-16-20(3)4/h11,13,15,20,24H,8-10,12,14,16-18H2,1-7H3/b21-13+,22-15+/t23-/m0/s1. The molecule has 1 nitrogen and oxygen atoms in total. The molecule has 1 atom stereocenters. The van der Waals surface area contributed by atoms with E-state index in [9.17, 15) is 5.11 Å². The topological polar surface area (TPSA) is 20.2 Å². The van der Waals surface area contributed by atoms with Crippen LogP contribution in [-0.4, -0.2) is 10.7 Å². The minimum atomic E-state index is -0.511. The molecular weight excluding hydrogens is 292 g/mol. The van der Waals surface area contributed by atoms with Gasteiger partial charge in [0.2, 0.25) is 0 Å². The third kappa shape index (κ3) is 14.8. The summed E-state index contributed by atoms with van der Waals surface area (Å²) in [5.74, 6) is 0.667. The Bertz CT molecular complexity index is 417. The summed E-state index contributed by atoms with van der Waals surface area (Å²) in [7, 11) is 0. The van der Waals surface area contributed by atoms with E-state index >= 15 is 0 Å². The Hall–Kier alpha value is -0.820. The summed E-state index contributed by atoms with van der Waals surface area (Å²) < 4.78 is 0. The number of rotatable bonds is 12. The van der Waals surface area contributed by atoms with E-state index < -0.39 is 5.60 Å². The Morgan fingerprint density at radius 3 is 1.83 bits per heavy atom. The van der Waals surface area contributed by atoms with Crippen LogP contribution in [0.1, 0.15) is 99.8 Å². The first kappa shape index (κ1) is 23.2. The molecule has 1 heteroatoms. The Labute approximate surface area is 151 Å². The molecule has 0 spiro atoms. The van der Waals surface area contributed by atoms with Gasteiger partial charge in [-0.05, 0) is 91.9 Å². The van der Waals surface area contributed by atoms with Crippen LogP contribution in [0.3, 0.4) is 0 Å². The van der Waals surface area contributed by atoms with E-state index in [1.807, 2.05) is 6.92 Å². The monoisotopic (exact) mass is 334 g/mol. The van der Waals surface area contributed by atoms with E-state index in [0.29, 0.717) is 5.92 Å². The van der Waals surface area contributed by atoms with E-state index in [1.165, 1.54) is 23.1 Å². The quantitative estimate of drug-likeness (QED) is 0.369. The first-order valence-electron chi connectivity index (χ1n) is 9.79. The molecule has 0 aliphatic rings. The second kappa shape index (κ2) is 12.5. The summed E-state index contributed by atoms with van der Waals surface area (Å²) in [4.78, 5) is 0. The molecule has 140 valence electrons. The third-order valence-corrected chi connectivity index (χ3v) is 4.56. The summed E-state index contributed by atoms with van der Waals surface area (Å²) >= 11 is 0. The van der Waals surface area contributed by atoms with Gasteiger partial charge in [0.05, 0.1) is 5.60 Å². The second-order valence-corrected chi connectivity index (χ2v) is 8.43. The highest BCUT2D eigenvalue weighted by molar-refractivity contribution is 5.05. The second-order valence-electron chi connectivity index (χ2n) is 8.43. The summed E-state index contributed by atoms with van der Waals surface area (Å²) in [5, 5.41) is 10.4. The highest BCUT2D eigenvalue weighted by Gasteiger charge is 2.19. The zero-order chi connectivity index (χ0) is 18.6. The average Bonchev–Trinajstić information content (AvgIpc) is 2.44. The zero-order valence-electron chi connectivity index (χ0n) is 17.4. The Balaban J connectivity index is 4.04. The maximum atomic E-state index is 10.4. The molecule has 0 saturated heterocycles. The number of hydrogen-bond donors (Lipinski definition) is 1. The molecule has 0 saturated carbocycles. The predicted molar refractivity (Wildman–Crippen MR) is 109 cm³/mol. The predicted octanol–water partition coefficient (Wildman–Crippen LogP) is 7.37. The van der Waals surface area contributed by atoms with E-state index in [-0.39, 0.29) is 0 Å². The fourth-order valence-corrected chi connectivity index (χ4v) is 2.69. The molecule has 0 amide bonds.